The minimum absolute atomic E-state index is 0.0371. The fourth-order valence-corrected chi connectivity index (χ4v) is 3.63. The predicted molar refractivity (Wildman–Crippen MR) is 70.0 cm³/mol. The van der Waals surface area contributed by atoms with Crippen molar-refractivity contribution in [2.45, 2.75) is 37.8 Å². The van der Waals surface area contributed by atoms with Crippen molar-refractivity contribution in [1.29, 1.82) is 0 Å². The third kappa shape index (κ3) is 4.24. The van der Waals surface area contributed by atoms with Gasteiger partial charge in [0.05, 0.1) is 6.10 Å². The largest absolute Gasteiger partial charge is 0.393 e. The summed E-state index contributed by atoms with van der Waals surface area (Å²) in [7, 11) is 0. The Morgan fingerprint density at radius 3 is 2.75 bits per heavy atom. The van der Waals surface area contributed by atoms with Crippen molar-refractivity contribution >= 4 is 11.8 Å². The number of piperidine rings is 1. The number of likely N-dealkylation sites (tertiary alicyclic amines) is 1. The molecule has 2 N–H and O–H groups in total. The zero-order valence-corrected chi connectivity index (χ0v) is 10.8. The SMILES string of the molecule is OC1CCN(CCCNC2CCSC2)CC1. The van der Waals surface area contributed by atoms with Crippen molar-refractivity contribution in [3.05, 3.63) is 0 Å². The molecule has 3 nitrogen and oxygen atoms in total. The summed E-state index contributed by atoms with van der Waals surface area (Å²) >= 11 is 2.07. The Bertz CT molecular complexity index is 189. The van der Waals surface area contributed by atoms with Crippen LogP contribution < -0.4 is 5.32 Å². The topological polar surface area (TPSA) is 35.5 Å². The van der Waals surface area contributed by atoms with Crippen LogP contribution in [0.15, 0.2) is 0 Å². The van der Waals surface area contributed by atoms with E-state index in [1.54, 1.807) is 0 Å². The van der Waals surface area contributed by atoms with E-state index in [4.69, 9.17) is 0 Å². The van der Waals surface area contributed by atoms with Crippen molar-refractivity contribution in [2.24, 2.45) is 0 Å². The van der Waals surface area contributed by atoms with Crippen molar-refractivity contribution in [3.8, 4) is 0 Å². The molecule has 94 valence electrons. The van der Waals surface area contributed by atoms with Crippen molar-refractivity contribution in [2.75, 3.05) is 37.7 Å². The van der Waals surface area contributed by atoms with Crippen LogP contribution in [0.5, 0.6) is 0 Å². The van der Waals surface area contributed by atoms with Gasteiger partial charge in [-0.1, -0.05) is 0 Å². The lowest BCUT2D eigenvalue weighted by Gasteiger charge is -2.29. The van der Waals surface area contributed by atoms with Crippen LogP contribution >= 0.6 is 11.8 Å². The van der Waals surface area contributed by atoms with Gasteiger partial charge in [-0.05, 0) is 44.5 Å². The van der Waals surface area contributed by atoms with Gasteiger partial charge >= 0.3 is 0 Å². The second kappa shape index (κ2) is 6.84. The maximum Gasteiger partial charge on any atom is 0.0564 e. The van der Waals surface area contributed by atoms with Gasteiger partial charge < -0.3 is 15.3 Å². The Balaban J connectivity index is 1.48. The molecular formula is C12H24N2OS. The fourth-order valence-electron chi connectivity index (χ4n) is 2.45. The molecule has 1 atom stereocenters. The molecule has 0 aromatic heterocycles. The second-order valence-electron chi connectivity index (χ2n) is 4.94. The summed E-state index contributed by atoms with van der Waals surface area (Å²) in [6.45, 7) is 4.52. The van der Waals surface area contributed by atoms with E-state index < -0.39 is 0 Å². The number of hydrogen-bond acceptors (Lipinski definition) is 4. The lowest BCUT2D eigenvalue weighted by molar-refractivity contribution is 0.0820. The van der Waals surface area contributed by atoms with E-state index in [9.17, 15) is 5.11 Å². The molecule has 16 heavy (non-hydrogen) atoms. The van der Waals surface area contributed by atoms with E-state index in [-0.39, 0.29) is 6.10 Å². The number of hydrogen-bond donors (Lipinski definition) is 2. The molecule has 2 fully saturated rings. The monoisotopic (exact) mass is 244 g/mol. The Morgan fingerprint density at radius 1 is 1.25 bits per heavy atom. The van der Waals surface area contributed by atoms with Gasteiger partial charge in [0, 0.05) is 24.9 Å². The van der Waals surface area contributed by atoms with Gasteiger partial charge in [-0.2, -0.15) is 11.8 Å². The Hall–Kier alpha value is 0.230. The third-order valence-electron chi connectivity index (χ3n) is 3.57. The van der Waals surface area contributed by atoms with Crippen LogP contribution in [0.3, 0.4) is 0 Å². The predicted octanol–water partition coefficient (Wildman–Crippen LogP) is 0.928. The van der Waals surface area contributed by atoms with Crippen LogP contribution in [0.4, 0.5) is 0 Å². The Morgan fingerprint density at radius 2 is 2.06 bits per heavy atom. The molecule has 0 amide bonds. The standard InChI is InChI=1S/C12H24N2OS/c15-12-2-7-14(8-3-12)6-1-5-13-11-4-9-16-10-11/h11-13,15H,1-10H2. The number of aliphatic hydroxyl groups is 1. The molecule has 0 radical (unpaired) electrons. The van der Waals surface area contributed by atoms with Gasteiger partial charge in [0.2, 0.25) is 0 Å². The summed E-state index contributed by atoms with van der Waals surface area (Å²) in [5.74, 6) is 2.64. The molecule has 2 saturated heterocycles. The molecule has 0 aliphatic carbocycles. The zero-order valence-electron chi connectivity index (χ0n) is 10.0. The number of rotatable bonds is 5. The van der Waals surface area contributed by atoms with Gasteiger partial charge in [-0.3, -0.25) is 0 Å². The first kappa shape index (κ1) is 12.7. The molecule has 0 spiro atoms. The average Bonchev–Trinajstić information content (AvgIpc) is 2.80. The molecule has 4 heteroatoms. The van der Waals surface area contributed by atoms with Gasteiger partial charge in [0.15, 0.2) is 0 Å². The van der Waals surface area contributed by atoms with Crippen LogP contribution in [0, 0.1) is 0 Å². The summed E-state index contributed by atoms with van der Waals surface area (Å²) in [5, 5.41) is 13.0. The van der Waals surface area contributed by atoms with Crippen molar-refractivity contribution in [3.63, 3.8) is 0 Å². The van der Waals surface area contributed by atoms with Crippen LogP contribution in [0.25, 0.3) is 0 Å². The van der Waals surface area contributed by atoms with E-state index in [1.807, 2.05) is 0 Å². The molecular weight excluding hydrogens is 220 g/mol. The summed E-state index contributed by atoms with van der Waals surface area (Å²) in [4.78, 5) is 2.48. The molecule has 2 heterocycles. The first-order valence-corrected chi connectivity index (χ1v) is 7.71. The summed E-state index contributed by atoms with van der Waals surface area (Å²) in [6, 6.07) is 0.771. The molecule has 0 saturated carbocycles. The molecule has 0 aromatic carbocycles. The summed E-state index contributed by atoms with van der Waals surface area (Å²) in [5.41, 5.74) is 0. The first-order valence-electron chi connectivity index (χ1n) is 6.56. The minimum Gasteiger partial charge on any atom is -0.393 e. The molecule has 0 aromatic rings. The highest BCUT2D eigenvalue weighted by atomic mass is 32.2. The van der Waals surface area contributed by atoms with Crippen molar-refractivity contribution < 1.29 is 5.11 Å². The van der Waals surface area contributed by atoms with Crippen LogP contribution in [0.2, 0.25) is 0 Å². The average molecular weight is 244 g/mol. The normalized spacial score (nSPS) is 28.7. The second-order valence-corrected chi connectivity index (χ2v) is 6.09. The maximum atomic E-state index is 9.40. The third-order valence-corrected chi connectivity index (χ3v) is 4.73. The molecule has 2 aliphatic rings. The molecule has 2 aliphatic heterocycles. The van der Waals surface area contributed by atoms with Gasteiger partial charge in [-0.25, -0.2) is 0 Å². The highest BCUT2D eigenvalue weighted by molar-refractivity contribution is 7.99. The first-order chi connectivity index (χ1) is 7.84. The highest BCUT2D eigenvalue weighted by Crippen LogP contribution is 2.16. The van der Waals surface area contributed by atoms with Crippen LogP contribution in [-0.4, -0.2) is 59.8 Å². The molecule has 2 rings (SSSR count). The van der Waals surface area contributed by atoms with Gasteiger partial charge in [0.25, 0.3) is 0 Å². The molecule has 0 bridgehead atoms. The number of thioether (sulfide) groups is 1. The van der Waals surface area contributed by atoms with E-state index in [0.717, 1.165) is 38.5 Å². The van der Waals surface area contributed by atoms with Gasteiger partial charge in [-0.15, -0.1) is 0 Å². The Kier molecular flexibility index (Phi) is 5.42. The highest BCUT2D eigenvalue weighted by Gasteiger charge is 2.17. The summed E-state index contributed by atoms with van der Waals surface area (Å²) < 4.78 is 0. The quantitative estimate of drug-likeness (QED) is 0.705. The van der Waals surface area contributed by atoms with E-state index >= 15 is 0 Å². The summed E-state index contributed by atoms with van der Waals surface area (Å²) in [6.07, 6.45) is 4.49. The Labute approximate surface area is 103 Å². The van der Waals surface area contributed by atoms with E-state index in [2.05, 4.69) is 22.0 Å². The van der Waals surface area contributed by atoms with Crippen LogP contribution in [-0.2, 0) is 0 Å². The number of nitrogens with one attached hydrogen (secondary N) is 1. The number of nitrogens with zero attached hydrogens (tertiary/aromatic N) is 1. The van der Waals surface area contributed by atoms with Gasteiger partial charge in [0.1, 0.15) is 0 Å². The minimum atomic E-state index is -0.0371. The van der Waals surface area contributed by atoms with Crippen LogP contribution in [0.1, 0.15) is 25.7 Å². The fraction of sp³-hybridized carbons (Fsp3) is 1.00. The smallest absolute Gasteiger partial charge is 0.0564 e. The number of aliphatic hydroxyl groups excluding tert-OH is 1. The molecule has 1 unspecified atom stereocenters. The van der Waals surface area contributed by atoms with E-state index in [0.29, 0.717) is 0 Å². The van der Waals surface area contributed by atoms with E-state index in [1.165, 1.54) is 30.9 Å². The van der Waals surface area contributed by atoms with Crippen molar-refractivity contribution in [1.82, 2.24) is 10.2 Å². The lowest BCUT2D eigenvalue weighted by atomic mass is 10.1. The zero-order chi connectivity index (χ0) is 11.2. The lowest BCUT2D eigenvalue weighted by Crippen LogP contribution is -2.38. The maximum absolute atomic E-state index is 9.40.